The third-order valence-corrected chi connectivity index (χ3v) is 3.59. The highest BCUT2D eigenvalue weighted by Gasteiger charge is 2.12. The first-order chi connectivity index (χ1) is 8.66. The summed E-state index contributed by atoms with van der Waals surface area (Å²) in [7, 11) is 0. The Morgan fingerprint density at radius 3 is 2.56 bits per heavy atom. The monoisotopic (exact) mass is 277 g/mol. The topological polar surface area (TPSA) is 30.2 Å². The van der Waals surface area contributed by atoms with Gasteiger partial charge in [-0.05, 0) is 6.92 Å². The van der Waals surface area contributed by atoms with Crippen molar-refractivity contribution in [3.05, 3.63) is 52.3 Å². The molecule has 2 heterocycles. The van der Waals surface area contributed by atoms with E-state index < -0.39 is 0 Å². The minimum Gasteiger partial charge on any atom is -0.216 e. The summed E-state index contributed by atoms with van der Waals surface area (Å²) in [5.74, 6) is 0. The standard InChI is InChI=1S/C13H9Cl2N3/c1-8-12(14)16-11-7-10(17-18(11)13(8)15)9-5-3-2-4-6-9/h2-7H,1H3. The van der Waals surface area contributed by atoms with E-state index in [0.717, 1.165) is 16.8 Å². The van der Waals surface area contributed by atoms with Gasteiger partial charge in [0, 0.05) is 17.2 Å². The number of hydrogen-bond acceptors (Lipinski definition) is 2. The number of halogens is 2. The molecule has 18 heavy (non-hydrogen) atoms. The van der Waals surface area contributed by atoms with Crippen molar-refractivity contribution in [2.75, 3.05) is 0 Å². The van der Waals surface area contributed by atoms with Crippen LogP contribution in [0.1, 0.15) is 5.56 Å². The number of fused-ring (bicyclic) bond motifs is 1. The molecule has 0 spiro atoms. The van der Waals surface area contributed by atoms with Gasteiger partial charge in [-0.1, -0.05) is 53.5 Å². The molecule has 3 rings (SSSR count). The highest BCUT2D eigenvalue weighted by atomic mass is 35.5. The molecule has 0 aliphatic carbocycles. The van der Waals surface area contributed by atoms with Crippen LogP contribution in [0.15, 0.2) is 36.4 Å². The lowest BCUT2D eigenvalue weighted by molar-refractivity contribution is 0.932. The van der Waals surface area contributed by atoms with Gasteiger partial charge in [-0.3, -0.25) is 0 Å². The largest absolute Gasteiger partial charge is 0.216 e. The van der Waals surface area contributed by atoms with E-state index in [1.54, 1.807) is 4.52 Å². The summed E-state index contributed by atoms with van der Waals surface area (Å²) in [5.41, 5.74) is 3.22. The van der Waals surface area contributed by atoms with Gasteiger partial charge in [0.05, 0.1) is 5.69 Å². The zero-order valence-corrected chi connectivity index (χ0v) is 11.1. The van der Waals surface area contributed by atoms with Crippen LogP contribution >= 0.6 is 23.2 Å². The van der Waals surface area contributed by atoms with Crippen molar-refractivity contribution in [3.63, 3.8) is 0 Å². The molecule has 3 aromatic rings. The fraction of sp³-hybridized carbons (Fsp3) is 0.0769. The second-order valence-corrected chi connectivity index (χ2v) is 4.70. The van der Waals surface area contributed by atoms with E-state index in [0.29, 0.717) is 16.0 Å². The Morgan fingerprint density at radius 2 is 1.83 bits per heavy atom. The summed E-state index contributed by atoms with van der Waals surface area (Å²) in [4.78, 5) is 4.26. The molecule has 3 nitrogen and oxygen atoms in total. The predicted molar refractivity (Wildman–Crippen MR) is 73.2 cm³/mol. The van der Waals surface area contributed by atoms with Crippen LogP contribution in [0.5, 0.6) is 0 Å². The van der Waals surface area contributed by atoms with Crippen molar-refractivity contribution in [1.29, 1.82) is 0 Å². The smallest absolute Gasteiger partial charge is 0.159 e. The summed E-state index contributed by atoms with van der Waals surface area (Å²) in [6.07, 6.45) is 0. The van der Waals surface area contributed by atoms with Gasteiger partial charge in [-0.2, -0.15) is 5.10 Å². The number of nitrogens with zero attached hydrogens (tertiary/aromatic N) is 3. The molecular weight excluding hydrogens is 269 g/mol. The fourth-order valence-electron chi connectivity index (χ4n) is 1.77. The van der Waals surface area contributed by atoms with E-state index in [-0.39, 0.29) is 0 Å². The lowest BCUT2D eigenvalue weighted by Crippen LogP contribution is -1.96. The Balaban J connectivity index is 2.27. The van der Waals surface area contributed by atoms with E-state index in [1.165, 1.54) is 0 Å². The lowest BCUT2D eigenvalue weighted by atomic mass is 10.2. The van der Waals surface area contributed by atoms with Crippen LogP contribution in [0.25, 0.3) is 16.9 Å². The van der Waals surface area contributed by atoms with Crippen molar-refractivity contribution in [2.45, 2.75) is 6.92 Å². The van der Waals surface area contributed by atoms with Gasteiger partial charge in [0.1, 0.15) is 10.3 Å². The molecule has 0 amide bonds. The third kappa shape index (κ3) is 1.76. The Morgan fingerprint density at radius 1 is 1.11 bits per heavy atom. The molecule has 1 aromatic carbocycles. The molecule has 2 aromatic heterocycles. The van der Waals surface area contributed by atoms with E-state index in [2.05, 4.69) is 10.1 Å². The Hall–Kier alpha value is -1.58. The summed E-state index contributed by atoms with van der Waals surface area (Å²) < 4.78 is 1.60. The van der Waals surface area contributed by atoms with Crippen LogP contribution in [0.3, 0.4) is 0 Å². The molecule has 0 N–H and O–H groups in total. The molecule has 5 heteroatoms. The van der Waals surface area contributed by atoms with Gasteiger partial charge in [0.2, 0.25) is 0 Å². The second kappa shape index (κ2) is 4.26. The van der Waals surface area contributed by atoms with E-state index in [9.17, 15) is 0 Å². The molecule has 0 aliphatic rings. The molecule has 0 fully saturated rings. The summed E-state index contributed by atoms with van der Waals surface area (Å²) in [6, 6.07) is 11.7. The maximum atomic E-state index is 6.21. The van der Waals surface area contributed by atoms with Crippen LogP contribution in [0.2, 0.25) is 10.3 Å². The van der Waals surface area contributed by atoms with Gasteiger partial charge < -0.3 is 0 Å². The molecule has 0 aliphatic heterocycles. The molecule has 0 atom stereocenters. The maximum Gasteiger partial charge on any atom is 0.159 e. The Labute approximate surface area is 114 Å². The van der Waals surface area contributed by atoms with Crippen LogP contribution in [0, 0.1) is 6.92 Å². The molecule has 0 radical (unpaired) electrons. The van der Waals surface area contributed by atoms with E-state index in [4.69, 9.17) is 23.2 Å². The molecule has 0 bridgehead atoms. The molecular formula is C13H9Cl2N3. The number of hydrogen-bond donors (Lipinski definition) is 0. The highest BCUT2D eigenvalue weighted by molar-refractivity contribution is 6.34. The quantitative estimate of drug-likeness (QED) is 0.629. The van der Waals surface area contributed by atoms with Crippen LogP contribution < -0.4 is 0 Å². The first-order valence-electron chi connectivity index (χ1n) is 5.43. The van der Waals surface area contributed by atoms with Gasteiger partial charge in [-0.25, -0.2) is 9.50 Å². The van der Waals surface area contributed by atoms with Crippen LogP contribution in [-0.2, 0) is 0 Å². The molecule has 0 saturated heterocycles. The summed E-state index contributed by atoms with van der Waals surface area (Å²) >= 11 is 12.2. The number of benzene rings is 1. The van der Waals surface area contributed by atoms with Gasteiger partial charge in [0.15, 0.2) is 5.65 Å². The average Bonchev–Trinajstić information content (AvgIpc) is 2.81. The van der Waals surface area contributed by atoms with Crippen molar-refractivity contribution in [1.82, 2.24) is 14.6 Å². The first kappa shape index (κ1) is 11.5. The minimum atomic E-state index is 0.409. The number of aromatic nitrogens is 3. The average molecular weight is 278 g/mol. The van der Waals surface area contributed by atoms with Crippen molar-refractivity contribution in [3.8, 4) is 11.3 Å². The highest BCUT2D eigenvalue weighted by Crippen LogP contribution is 2.26. The van der Waals surface area contributed by atoms with E-state index in [1.807, 2.05) is 43.3 Å². The zero-order valence-electron chi connectivity index (χ0n) is 9.56. The summed E-state index contributed by atoms with van der Waals surface area (Å²) in [6.45, 7) is 1.82. The Bertz CT molecular complexity index is 720. The SMILES string of the molecule is Cc1c(Cl)nc2cc(-c3ccccc3)nn2c1Cl. The molecule has 0 saturated carbocycles. The second-order valence-electron chi connectivity index (χ2n) is 3.98. The molecule has 90 valence electrons. The van der Waals surface area contributed by atoms with Crippen molar-refractivity contribution in [2.24, 2.45) is 0 Å². The van der Waals surface area contributed by atoms with Gasteiger partial charge in [0.25, 0.3) is 0 Å². The minimum absolute atomic E-state index is 0.409. The van der Waals surface area contributed by atoms with Gasteiger partial charge in [-0.15, -0.1) is 0 Å². The maximum absolute atomic E-state index is 6.21. The van der Waals surface area contributed by atoms with Crippen molar-refractivity contribution < 1.29 is 0 Å². The first-order valence-corrected chi connectivity index (χ1v) is 6.19. The van der Waals surface area contributed by atoms with Crippen molar-refractivity contribution >= 4 is 28.8 Å². The Kier molecular flexibility index (Phi) is 2.73. The van der Waals surface area contributed by atoms with Crippen LogP contribution in [-0.4, -0.2) is 14.6 Å². The predicted octanol–water partition coefficient (Wildman–Crippen LogP) is 4.01. The normalized spacial score (nSPS) is 11.1. The van der Waals surface area contributed by atoms with Crippen LogP contribution in [0.4, 0.5) is 0 Å². The third-order valence-electron chi connectivity index (χ3n) is 2.78. The number of rotatable bonds is 1. The molecule has 0 unspecified atom stereocenters. The summed E-state index contributed by atoms with van der Waals surface area (Å²) in [5, 5.41) is 5.35. The van der Waals surface area contributed by atoms with E-state index >= 15 is 0 Å². The fourth-order valence-corrected chi connectivity index (χ4v) is 2.21. The van der Waals surface area contributed by atoms with Gasteiger partial charge >= 0.3 is 0 Å². The lowest BCUT2D eigenvalue weighted by Gasteiger charge is -2.01. The zero-order chi connectivity index (χ0) is 12.7.